The van der Waals surface area contributed by atoms with Crippen molar-refractivity contribution in [3.05, 3.63) is 28.2 Å². The van der Waals surface area contributed by atoms with Gasteiger partial charge in [0.2, 0.25) is 0 Å². The van der Waals surface area contributed by atoms with Crippen LogP contribution in [0.3, 0.4) is 0 Å². The molecule has 1 nitrogen and oxygen atoms in total. The molecule has 2 saturated carbocycles. The molecular weight excluding hydrogens is 312 g/mol. The summed E-state index contributed by atoms with van der Waals surface area (Å²) in [7, 11) is 0. The first-order chi connectivity index (χ1) is 8.62. The van der Waals surface area contributed by atoms with Crippen molar-refractivity contribution in [3.8, 4) is 5.75 Å². The Morgan fingerprint density at radius 2 is 2.06 bits per heavy atom. The maximum Gasteiger partial charge on any atom is 0.133 e. The first-order valence-corrected chi connectivity index (χ1v) is 7.92. The van der Waals surface area contributed by atoms with Gasteiger partial charge in [-0.25, -0.2) is 0 Å². The zero-order chi connectivity index (χ0) is 12.8. The number of ether oxygens (including phenoxy) is 1. The van der Waals surface area contributed by atoms with Crippen molar-refractivity contribution in [2.45, 2.75) is 50.5 Å². The van der Waals surface area contributed by atoms with Crippen molar-refractivity contribution in [3.63, 3.8) is 0 Å². The van der Waals surface area contributed by atoms with Gasteiger partial charge >= 0.3 is 0 Å². The van der Waals surface area contributed by atoms with E-state index in [2.05, 4.69) is 41.1 Å². The summed E-state index contributed by atoms with van der Waals surface area (Å²) < 4.78 is 7.26. The summed E-state index contributed by atoms with van der Waals surface area (Å²) in [4.78, 5) is 0. The molecule has 0 aliphatic heterocycles. The van der Waals surface area contributed by atoms with E-state index in [1.165, 1.54) is 31.2 Å². The number of rotatable bonds is 2. The van der Waals surface area contributed by atoms with Crippen LogP contribution in [0.15, 0.2) is 22.7 Å². The van der Waals surface area contributed by atoms with Crippen LogP contribution in [0.25, 0.3) is 0 Å². The zero-order valence-corrected chi connectivity index (χ0v) is 12.9. The third-order valence-electron chi connectivity index (χ3n) is 4.58. The topological polar surface area (TPSA) is 9.23 Å². The van der Waals surface area contributed by atoms with Crippen LogP contribution in [0.2, 0.25) is 0 Å². The monoisotopic (exact) mass is 328 g/mol. The zero-order valence-electron chi connectivity index (χ0n) is 10.6. The Morgan fingerprint density at radius 3 is 2.67 bits per heavy atom. The molecule has 3 heteroatoms. The van der Waals surface area contributed by atoms with Crippen molar-refractivity contribution >= 4 is 27.5 Å². The quantitative estimate of drug-likeness (QED) is 0.688. The van der Waals surface area contributed by atoms with Crippen LogP contribution in [0, 0.1) is 12.3 Å². The molecule has 0 aromatic heterocycles. The van der Waals surface area contributed by atoms with Gasteiger partial charge in [0.05, 0.1) is 4.47 Å². The highest BCUT2D eigenvalue weighted by Gasteiger charge is 2.57. The SMILES string of the molecule is Cc1ccc(OC2CC(Cl)C23CCCC3)c(Br)c1. The van der Waals surface area contributed by atoms with Crippen molar-refractivity contribution in [1.29, 1.82) is 0 Å². The van der Waals surface area contributed by atoms with Gasteiger partial charge in [-0.15, -0.1) is 11.6 Å². The Morgan fingerprint density at radius 1 is 1.33 bits per heavy atom. The first kappa shape index (κ1) is 12.8. The molecule has 0 saturated heterocycles. The van der Waals surface area contributed by atoms with Crippen LogP contribution >= 0.6 is 27.5 Å². The van der Waals surface area contributed by atoms with Crippen molar-refractivity contribution < 1.29 is 4.74 Å². The van der Waals surface area contributed by atoms with Crippen LogP contribution in [-0.2, 0) is 0 Å². The Kier molecular flexibility index (Phi) is 3.36. The molecule has 98 valence electrons. The smallest absolute Gasteiger partial charge is 0.133 e. The summed E-state index contributed by atoms with van der Waals surface area (Å²) in [5.41, 5.74) is 1.50. The highest BCUT2D eigenvalue weighted by Crippen LogP contribution is 2.57. The lowest BCUT2D eigenvalue weighted by Gasteiger charge is -2.51. The normalized spacial score (nSPS) is 29.3. The molecule has 2 unspecified atom stereocenters. The van der Waals surface area contributed by atoms with Gasteiger partial charge < -0.3 is 4.74 Å². The lowest BCUT2D eigenvalue weighted by molar-refractivity contribution is -0.0359. The van der Waals surface area contributed by atoms with E-state index in [0.29, 0.717) is 11.5 Å². The van der Waals surface area contributed by atoms with Gasteiger partial charge in [0, 0.05) is 17.2 Å². The summed E-state index contributed by atoms with van der Waals surface area (Å²) in [6.45, 7) is 2.09. The second-order valence-corrected chi connectivity index (χ2v) is 7.07. The lowest BCUT2D eigenvalue weighted by atomic mass is 9.64. The third kappa shape index (κ3) is 1.98. The number of hydrogen-bond donors (Lipinski definition) is 0. The molecule has 2 aliphatic rings. The number of alkyl halides is 1. The maximum atomic E-state index is 6.45. The summed E-state index contributed by atoms with van der Waals surface area (Å²) in [6, 6.07) is 6.26. The van der Waals surface area contributed by atoms with Gasteiger partial charge in [-0.1, -0.05) is 18.9 Å². The average molecular weight is 330 g/mol. The van der Waals surface area contributed by atoms with Crippen LogP contribution in [0.1, 0.15) is 37.7 Å². The first-order valence-electron chi connectivity index (χ1n) is 6.69. The molecule has 2 atom stereocenters. The Bertz CT molecular complexity index is 454. The summed E-state index contributed by atoms with van der Waals surface area (Å²) in [5, 5.41) is 0.314. The van der Waals surface area contributed by atoms with Gasteiger partial charge in [0.15, 0.2) is 0 Å². The minimum absolute atomic E-state index is 0.256. The van der Waals surface area contributed by atoms with Gasteiger partial charge in [-0.05, 0) is 53.4 Å². The fraction of sp³-hybridized carbons (Fsp3) is 0.600. The van der Waals surface area contributed by atoms with Crippen LogP contribution < -0.4 is 4.74 Å². The number of benzene rings is 1. The molecule has 2 aliphatic carbocycles. The highest BCUT2D eigenvalue weighted by atomic mass is 79.9. The van der Waals surface area contributed by atoms with Crippen LogP contribution in [0.5, 0.6) is 5.75 Å². The van der Waals surface area contributed by atoms with Crippen molar-refractivity contribution in [1.82, 2.24) is 0 Å². The molecule has 1 spiro atoms. The van der Waals surface area contributed by atoms with Crippen LogP contribution in [0.4, 0.5) is 0 Å². The fourth-order valence-corrected chi connectivity index (χ4v) is 4.49. The Hall–Kier alpha value is -0.210. The van der Waals surface area contributed by atoms with Crippen molar-refractivity contribution in [2.24, 2.45) is 5.41 Å². The largest absolute Gasteiger partial charge is 0.489 e. The van der Waals surface area contributed by atoms with Gasteiger partial charge in [-0.2, -0.15) is 0 Å². The lowest BCUT2D eigenvalue weighted by Crippen LogP contribution is -2.55. The molecule has 1 aromatic carbocycles. The van der Waals surface area contributed by atoms with Gasteiger partial charge in [0.25, 0.3) is 0 Å². The molecule has 1 aromatic rings. The number of halogens is 2. The Labute approximate surface area is 122 Å². The van der Waals surface area contributed by atoms with Crippen LogP contribution in [-0.4, -0.2) is 11.5 Å². The molecule has 0 heterocycles. The predicted molar refractivity (Wildman–Crippen MR) is 78.5 cm³/mol. The van der Waals surface area contributed by atoms with Crippen molar-refractivity contribution in [2.75, 3.05) is 0 Å². The Balaban J connectivity index is 1.77. The van der Waals surface area contributed by atoms with E-state index in [4.69, 9.17) is 16.3 Å². The van der Waals surface area contributed by atoms with E-state index in [9.17, 15) is 0 Å². The highest BCUT2D eigenvalue weighted by molar-refractivity contribution is 9.10. The molecule has 3 rings (SSSR count). The van der Waals surface area contributed by atoms with E-state index in [1.807, 2.05) is 0 Å². The number of aryl methyl sites for hydroxylation is 1. The minimum Gasteiger partial charge on any atom is -0.489 e. The van der Waals surface area contributed by atoms with Gasteiger partial charge in [-0.3, -0.25) is 0 Å². The average Bonchev–Trinajstić information content (AvgIpc) is 2.83. The molecule has 0 radical (unpaired) electrons. The summed E-state index contributed by atoms with van der Waals surface area (Å²) in [6.07, 6.45) is 6.37. The van der Waals surface area contributed by atoms with E-state index in [1.54, 1.807) is 0 Å². The minimum atomic E-state index is 0.256. The summed E-state index contributed by atoms with van der Waals surface area (Å²) >= 11 is 10.0. The molecule has 0 N–H and O–H groups in total. The van der Waals surface area contributed by atoms with E-state index in [0.717, 1.165) is 16.6 Å². The fourth-order valence-electron chi connectivity index (χ4n) is 3.39. The summed E-state index contributed by atoms with van der Waals surface area (Å²) in [5.74, 6) is 0.959. The molecular formula is C15H18BrClO. The molecule has 0 bridgehead atoms. The van der Waals surface area contributed by atoms with E-state index < -0.39 is 0 Å². The molecule has 18 heavy (non-hydrogen) atoms. The predicted octanol–water partition coefficient (Wildman–Crippen LogP) is 5.08. The number of hydrogen-bond acceptors (Lipinski definition) is 1. The van der Waals surface area contributed by atoms with E-state index >= 15 is 0 Å². The second kappa shape index (κ2) is 4.72. The van der Waals surface area contributed by atoms with E-state index in [-0.39, 0.29) is 5.41 Å². The third-order valence-corrected chi connectivity index (χ3v) is 5.81. The second-order valence-electron chi connectivity index (χ2n) is 5.68. The maximum absolute atomic E-state index is 6.45. The molecule has 0 amide bonds. The molecule has 2 fully saturated rings. The standard InChI is InChI=1S/C15H18BrClO/c1-10-4-5-12(11(16)8-10)18-14-9-13(17)15(14)6-2-3-7-15/h4-5,8,13-14H,2-3,6-7,9H2,1H3. The van der Waals surface area contributed by atoms with Gasteiger partial charge in [0.1, 0.15) is 11.9 Å².